The molecule has 0 atom stereocenters. The first-order chi connectivity index (χ1) is 12.3. The largest absolute Gasteiger partial charge is 0.530 e. The maximum Gasteiger partial charge on any atom is 0.530 e. The van der Waals surface area contributed by atoms with Gasteiger partial charge in [-0.15, -0.1) is 0 Å². The molecule has 26 heavy (non-hydrogen) atoms. The van der Waals surface area contributed by atoms with Gasteiger partial charge in [0, 0.05) is 18.1 Å². The zero-order chi connectivity index (χ0) is 18.8. The van der Waals surface area contributed by atoms with Gasteiger partial charge in [-0.3, -0.25) is 19.2 Å². The lowest BCUT2D eigenvalue weighted by Gasteiger charge is -2.38. The van der Waals surface area contributed by atoms with E-state index in [1.54, 1.807) is 0 Å². The summed E-state index contributed by atoms with van der Waals surface area (Å²) in [5.41, 5.74) is 0.843. The summed E-state index contributed by atoms with van der Waals surface area (Å²) in [5.74, 6) is 0.201. The van der Waals surface area contributed by atoms with Gasteiger partial charge in [0.15, 0.2) is 0 Å². The van der Waals surface area contributed by atoms with E-state index in [-0.39, 0.29) is 36.0 Å². The van der Waals surface area contributed by atoms with Crippen LogP contribution in [-0.2, 0) is 19.0 Å². The molecule has 138 valence electrons. The molecule has 0 radical (unpaired) electrons. The summed E-state index contributed by atoms with van der Waals surface area (Å²) >= 11 is 0. The van der Waals surface area contributed by atoms with Crippen molar-refractivity contribution in [2.75, 3.05) is 13.2 Å². The molecule has 3 rings (SSSR count). The predicted molar refractivity (Wildman–Crippen MR) is 96.2 cm³/mol. The fourth-order valence-corrected chi connectivity index (χ4v) is 4.06. The molecule has 1 aliphatic heterocycles. The summed E-state index contributed by atoms with van der Waals surface area (Å²) < 4.78 is 28.9. The third kappa shape index (κ3) is 3.96. The van der Waals surface area contributed by atoms with Crippen LogP contribution in [0.1, 0.15) is 19.4 Å². The number of phosphoric ester groups is 1. The van der Waals surface area contributed by atoms with Crippen LogP contribution in [0.25, 0.3) is 0 Å². The highest BCUT2D eigenvalue weighted by Crippen LogP contribution is 2.54. The molecule has 1 fully saturated rings. The number of hydrogen-bond donors (Lipinski definition) is 0. The molecular formula is C18H20NO6P. The van der Waals surface area contributed by atoms with Crippen LogP contribution >= 0.6 is 7.82 Å². The van der Waals surface area contributed by atoms with Crippen LogP contribution in [0, 0.1) is 16.0 Å². The Bertz CT molecular complexity index is 809. The van der Waals surface area contributed by atoms with E-state index in [4.69, 9.17) is 13.6 Å². The van der Waals surface area contributed by atoms with Crippen molar-refractivity contribution in [3.8, 4) is 5.75 Å². The van der Waals surface area contributed by atoms with E-state index in [1.165, 1.54) is 24.3 Å². The SMILES string of the molecule is CC(C)(c1ccccc1)C1COP(=O)(Oc2ccc([N+](=O)[O-])cc2)OC1. The van der Waals surface area contributed by atoms with Crippen LogP contribution in [-0.4, -0.2) is 18.1 Å². The molecule has 0 unspecified atom stereocenters. The Kier molecular flexibility index (Phi) is 5.14. The van der Waals surface area contributed by atoms with Crippen molar-refractivity contribution in [3.05, 3.63) is 70.3 Å². The Morgan fingerprint density at radius 3 is 2.19 bits per heavy atom. The minimum absolute atomic E-state index is 0.00688. The van der Waals surface area contributed by atoms with E-state index in [0.29, 0.717) is 0 Å². The molecular weight excluding hydrogens is 357 g/mol. The average molecular weight is 377 g/mol. The van der Waals surface area contributed by atoms with E-state index in [2.05, 4.69) is 13.8 Å². The van der Waals surface area contributed by atoms with E-state index in [0.717, 1.165) is 5.56 Å². The maximum atomic E-state index is 12.6. The standard InChI is InChI=1S/C18H20NO6P/c1-18(2,14-6-4-3-5-7-14)15-12-23-26(22,24-13-15)25-17-10-8-16(9-11-17)19(20)21/h3-11,15H,12-13H2,1-2H3. The number of phosphoric acid groups is 1. The summed E-state index contributed by atoms with van der Waals surface area (Å²) in [5, 5.41) is 10.7. The van der Waals surface area contributed by atoms with E-state index in [9.17, 15) is 14.7 Å². The van der Waals surface area contributed by atoms with Gasteiger partial charge < -0.3 is 4.52 Å². The molecule has 8 heteroatoms. The van der Waals surface area contributed by atoms with Crippen LogP contribution in [0.4, 0.5) is 5.69 Å². The van der Waals surface area contributed by atoms with Crippen LogP contribution in [0.2, 0.25) is 0 Å². The average Bonchev–Trinajstić information content (AvgIpc) is 2.63. The lowest BCUT2D eigenvalue weighted by Crippen LogP contribution is -2.38. The predicted octanol–water partition coefficient (Wildman–Crippen LogP) is 4.72. The smallest absolute Gasteiger partial charge is 0.404 e. The normalized spacial score (nSPS) is 23.4. The molecule has 0 bridgehead atoms. The number of hydrogen-bond acceptors (Lipinski definition) is 6. The molecule has 0 saturated carbocycles. The highest BCUT2D eigenvalue weighted by Gasteiger charge is 2.42. The minimum Gasteiger partial charge on any atom is -0.404 e. The van der Waals surface area contributed by atoms with Crippen LogP contribution in [0.5, 0.6) is 5.75 Å². The first-order valence-corrected chi connectivity index (χ1v) is 9.65. The Balaban J connectivity index is 1.65. The van der Waals surface area contributed by atoms with Gasteiger partial charge in [-0.1, -0.05) is 44.2 Å². The Morgan fingerprint density at radius 1 is 1.08 bits per heavy atom. The second-order valence-electron chi connectivity index (χ2n) is 6.67. The highest BCUT2D eigenvalue weighted by atomic mass is 31.2. The number of nitrogens with zero attached hydrogens (tertiary/aromatic N) is 1. The lowest BCUT2D eigenvalue weighted by molar-refractivity contribution is -0.384. The topological polar surface area (TPSA) is 87.9 Å². The van der Waals surface area contributed by atoms with E-state index < -0.39 is 12.7 Å². The van der Waals surface area contributed by atoms with Gasteiger partial charge in [-0.25, -0.2) is 4.57 Å². The number of nitro benzene ring substituents is 1. The third-order valence-electron chi connectivity index (χ3n) is 4.67. The fourth-order valence-electron chi connectivity index (χ4n) is 2.78. The number of non-ortho nitro benzene ring substituents is 1. The van der Waals surface area contributed by atoms with Gasteiger partial charge in [0.2, 0.25) is 0 Å². The molecule has 2 aromatic rings. The first kappa shape index (κ1) is 18.6. The second kappa shape index (κ2) is 7.19. The Hall–Kier alpha value is -2.21. The van der Waals surface area contributed by atoms with Crippen molar-refractivity contribution < 1.29 is 23.1 Å². The molecule has 1 saturated heterocycles. The van der Waals surface area contributed by atoms with Crippen LogP contribution < -0.4 is 4.52 Å². The van der Waals surface area contributed by atoms with Crippen molar-refractivity contribution in [3.63, 3.8) is 0 Å². The number of nitro groups is 1. The van der Waals surface area contributed by atoms with Crippen LogP contribution in [0.15, 0.2) is 54.6 Å². The molecule has 0 aliphatic carbocycles. The van der Waals surface area contributed by atoms with Crippen molar-refractivity contribution >= 4 is 13.5 Å². The maximum absolute atomic E-state index is 12.6. The molecule has 0 amide bonds. The summed E-state index contributed by atoms with van der Waals surface area (Å²) in [6.07, 6.45) is 0. The summed E-state index contributed by atoms with van der Waals surface area (Å²) in [7, 11) is -3.74. The van der Waals surface area contributed by atoms with Gasteiger partial charge in [0.25, 0.3) is 5.69 Å². The second-order valence-corrected chi connectivity index (χ2v) is 8.26. The van der Waals surface area contributed by atoms with Gasteiger partial charge in [0.05, 0.1) is 18.1 Å². The molecule has 0 N–H and O–H groups in total. The molecule has 1 aliphatic rings. The fraction of sp³-hybridized carbons (Fsp3) is 0.333. The molecule has 0 spiro atoms. The monoisotopic (exact) mass is 377 g/mol. The highest BCUT2D eigenvalue weighted by molar-refractivity contribution is 7.49. The van der Waals surface area contributed by atoms with Crippen LogP contribution in [0.3, 0.4) is 0 Å². The Morgan fingerprint density at radius 2 is 1.65 bits per heavy atom. The zero-order valence-corrected chi connectivity index (χ0v) is 15.4. The Labute approximate surface area is 151 Å². The lowest BCUT2D eigenvalue weighted by atomic mass is 9.74. The summed E-state index contributed by atoms with van der Waals surface area (Å²) in [4.78, 5) is 10.2. The first-order valence-electron chi connectivity index (χ1n) is 8.19. The molecule has 7 nitrogen and oxygen atoms in total. The van der Waals surface area contributed by atoms with Gasteiger partial charge >= 0.3 is 7.82 Å². The van der Waals surface area contributed by atoms with Gasteiger partial charge in [-0.05, 0) is 23.1 Å². The summed E-state index contributed by atoms with van der Waals surface area (Å²) in [6.45, 7) is 4.64. The molecule has 2 aromatic carbocycles. The minimum atomic E-state index is -3.74. The van der Waals surface area contributed by atoms with Gasteiger partial charge in [-0.2, -0.15) is 0 Å². The molecule has 0 aromatic heterocycles. The third-order valence-corrected chi connectivity index (χ3v) is 6.04. The van der Waals surface area contributed by atoms with Gasteiger partial charge in [0.1, 0.15) is 5.75 Å². The van der Waals surface area contributed by atoms with Crippen molar-refractivity contribution in [2.24, 2.45) is 5.92 Å². The van der Waals surface area contributed by atoms with Crippen molar-refractivity contribution in [1.29, 1.82) is 0 Å². The number of rotatable bonds is 5. The van der Waals surface area contributed by atoms with E-state index in [1.807, 2.05) is 30.3 Å². The quantitative estimate of drug-likeness (QED) is 0.425. The number of benzene rings is 2. The zero-order valence-electron chi connectivity index (χ0n) is 14.5. The molecule has 1 heterocycles. The summed E-state index contributed by atoms with van der Waals surface area (Å²) in [6, 6.07) is 15.3. The van der Waals surface area contributed by atoms with Crippen molar-refractivity contribution in [2.45, 2.75) is 19.3 Å². The van der Waals surface area contributed by atoms with E-state index >= 15 is 0 Å². The van der Waals surface area contributed by atoms with Crippen molar-refractivity contribution in [1.82, 2.24) is 0 Å².